The smallest absolute Gasteiger partial charge is 0.203 e. The molecule has 0 aliphatic carbocycles. The topological polar surface area (TPSA) is 43.1 Å². The molecule has 0 saturated carbocycles. The van der Waals surface area contributed by atoms with Gasteiger partial charge in [0.25, 0.3) is 0 Å². The largest absolute Gasteiger partial charge is 0.265 e. The third kappa shape index (κ3) is 24.6. The molecule has 0 aliphatic heterocycles. The van der Waals surface area contributed by atoms with E-state index in [1.165, 1.54) is 32.1 Å². The first kappa shape index (κ1) is 14.9. The van der Waals surface area contributed by atoms with Gasteiger partial charge >= 0.3 is 0 Å². The number of nitro groups is 1. The summed E-state index contributed by atoms with van der Waals surface area (Å²) in [5, 5.41) is 9.40. The van der Waals surface area contributed by atoms with Crippen LogP contribution in [0, 0.1) is 10.1 Å². The molecule has 0 spiro atoms. The number of rotatable bonds is 6. The third-order valence-electron chi connectivity index (χ3n) is 1.61. The van der Waals surface area contributed by atoms with E-state index in [0.717, 1.165) is 0 Å². The van der Waals surface area contributed by atoms with E-state index in [0.29, 0.717) is 6.42 Å². The molecule has 0 atom stereocenters. The summed E-state index contributed by atoms with van der Waals surface area (Å²) >= 11 is 0. The minimum Gasteiger partial charge on any atom is -0.265 e. The van der Waals surface area contributed by atoms with Crippen molar-refractivity contribution in [2.75, 3.05) is 6.54 Å². The van der Waals surface area contributed by atoms with Crippen molar-refractivity contribution in [1.29, 1.82) is 0 Å². The Morgan fingerprint density at radius 2 is 1.38 bits per heavy atom. The Kier molecular flexibility index (Phi) is 16.0. The van der Waals surface area contributed by atoms with Gasteiger partial charge in [0.2, 0.25) is 6.54 Å². The molecule has 0 N–H and O–H groups in total. The summed E-state index contributed by atoms with van der Waals surface area (Å²) in [5.74, 6) is 0. The van der Waals surface area contributed by atoms with Gasteiger partial charge in [0, 0.05) is 11.3 Å². The van der Waals surface area contributed by atoms with Crippen LogP contribution in [-0.2, 0) is 0 Å². The summed E-state index contributed by atoms with van der Waals surface area (Å²) < 4.78 is 0. The molecule has 0 aliphatic rings. The molecule has 0 saturated heterocycles. The van der Waals surface area contributed by atoms with Gasteiger partial charge in [0.05, 0.1) is 0 Å². The predicted molar refractivity (Wildman–Crippen MR) is 56.6 cm³/mol. The maximum atomic E-state index is 9.40. The predicted octanol–water partition coefficient (Wildman–Crippen LogP) is 3.65. The second kappa shape index (κ2) is 14.0. The standard InChI is InChI=1S/C7H16.C3H7NO2/c1-3-5-7-6-4-2;1-2-3-4(5)6/h3-7H2,1-2H3;2-3H2,1H3. The normalized spacial score (nSPS) is 8.85. The average molecular weight is 189 g/mol. The summed E-state index contributed by atoms with van der Waals surface area (Å²) in [6, 6.07) is 0. The van der Waals surface area contributed by atoms with E-state index in [4.69, 9.17) is 0 Å². The highest BCUT2D eigenvalue weighted by Gasteiger charge is 1.85. The van der Waals surface area contributed by atoms with E-state index in [1.807, 2.05) is 0 Å². The molecule has 0 rings (SSSR count). The molecular weight excluding hydrogens is 166 g/mol. The zero-order valence-electron chi connectivity index (χ0n) is 9.21. The van der Waals surface area contributed by atoms with Crippen LogP contribution in [0.15, 0.2) is 0 Å². The van der Waals surface area contributed by atoms with E-state index in [9.17, 15) is 10.1 Å². The van der Waals surface area contributed by atoms with E-state index < -0.39 is 0 Å². The maximum Gasteiger partial charge on any atom is 0.203 e. The van der Waals surface area contributed by atoms with Gasteiger partial charge in [0.1, 0.15) is 0 Å². The second-order valence-corrected chi connectivity index (χ2v) is 3.12. The molecule has 0 aromatic rings. The Bertz CT molecular complexity index is 101. The monoisotopic (exact) mass is 189 g/mol. The minimum absolute atomic E-state index is 0.0972. The highest BCUT2D eigenvalue weighted by molar-refractivity contribution is 4.35. The zero-order valence-corrected chi connectivity index (χ0v) is 9.21. The Morgan fingerprint density at radius 3 is 1.54 bits per heavy atom. The first-order valence-electron chi connectivity index (χ1n) is 5.30. The molecule has 0 radical (unpaired) electrons. The van der Waals surface area contributed by atoms with Crippen molar-refractivity contribution in [3.63, 3.8) is 0 Å². The lowest BCUT2D eigenvalue weighted by Crippen LogP contribution is -1.96. The molecule has 0 aromatic heterocycles. The van der Waals surface area contributed by atoms with Crippen molar-refractivity contribution in [1.82, 2.24) is 0 Å². The molecule has 3 heteroatoms. The van der Waals surface area contributed by atoms with Crippen LogP contribution in [0.2, 0.25) is 0 Å². The number of hydrogen-bond donors (Lipinski definition) is 0. The first-order valence-corrected chi connectivity index (χ1v) is 5.30. The fraction of sp³-hybridized carbons (Fsp3) is 1.00. The molecule has 13 heavy (non-hydrogen) atoms. The molecular formula is C10H23NO2. The second-order valence-electron chi connectivity index (χ2n) is 3.12. The molecule has 0 unspecified atom stereocenters. The molecule has 0 aromatic carbocycles. The van der Waals surface area contributed by atoms with Crippen molar-refractivity contribution in [2.24, 2.45) is 0 Å². The van der Waals surface area contributed by atoms with Crippen molar-refractivity contribution in [3.8, 4) is 0 Å². The lowest BCUT2D eigenvalue weighted by Gasteiger charge is -1.90. The van der Waals surface area contributed by atoms with Crippen LogP contribution in [0.1, 0.15) is 59.3 Å². The summed E-state index contributed by atoms with van der Waals surface area (Å²) in [7, 11) is 0. The SMILES string of the molecule is CCCCCCC.CCC[N+](=O)[O-]. The zero-order chi connectivity index (χ0) is 10.5. The van der Waals surface area contributed by atoms with Crippen LogP contribution in [0.3, 0.4) is 0 Å². The van der Waals surface area contributed by atoms with Gasteiger partial charge < -0.3 is 0 Å². The number of unbranched alkanes of at least 4 members (excludes halogenated alkanes) is 4. The summed E-state index contributed by atoms with van der Waals surface area (Å²) in [6.07, 6.45) is 7.64. The number of nitrogens with zero attached hydrogens (tertiary/aromatic N) is 1. The van der Waals surface area contributed by atoms with Crippen molar-refractivity contribution in [3.05, 3.63) is 10.1 Å². The third-order valence-corrected chi connectivity index (χ3v) is 1.61. The van der Waals surface area contributed by atoms with Gasteiger partial charge in [-0.15, -0.1) is 0 Å². The van der Waals surface area contributed by atoms with Gasteiger partial charge in [0.15, 0.2) is 0 Å². The van der Waals surface area contributed by atoms with Crippen LogP contribution in [-0.4, -0.2) is 11.5 Å². The van der Waals surface area contributed by atoms with Gasteiger partial charge in [-0.3, -0.25) is 10.1 Å². The Balaban J connectivity index is 0. The van der Waals surface area contributed by atoms with E-state index in [-0.39, 0.29) is 11.5 Å². The number of hydrogen-bond acceptors (Lipinski definition) is 2. The molecule has 0 bridgehead atoms. The van der Waals surface area contributed by atoms with Gasteiger partial charge in [-0.05, 0) is 0 Å². The van der Waals surface area contributed by atoms with Crippen LogP contribution < -0.4 is 0 Å². The highest BCUT2D eigenvalue weighted by Crippen LogP contribution is 2.00. The highest BCUT2D eigenvalue weighted by atomic mass is 16.6. The molecule has 80 valence electrons. The average Bonchev–Trinajstić information content (AvgIpc) is 2.06. The molecule has 0 amide bonds. The Hall–Kier alpha value is -0.600. The minimum atomic E-state index is -0.319. The van der Waals surface area contributed by atoms with Crippen molar-refractivity contribution in [2.45, 2.75) is 59.3 Å². The van der Waals surface area contributed by atoms with Crippen molar-refractivity contribution < 1.29 is 4.92 Å². The Morgan fingerprint density at radius 1 is 0.923 bits per heavy atom. The van der Waals surface area contributed by atoms with Gasteiger partial charge in [-0.2, -0.15) is 0 Å². The molecule has 0 fully saturated rings. The molecule has 0 heterocycles. The summed E-state index contributed by atoms with van der Waals surface area (Å²) in [6.45, 7) is 6.37. The van der Waals surface area contributed by atoms with Crippen molar-refractivity contribution >= 4 is 0 Å². The first-order chi connectivity index (χ1) is 6.18. The van der Waals surface area contributed by atoms with E-state index in [1.54, 1.807) is 6.92 Å². The summed E-state index contributed by atoms with van der Waals surface area (Å²) in [5.41, 5.74) is 0. The van der Waals surface area contributed by atoms with Crippen LogP contribution in [0.4, 0.5) is 0 Å². The van der Waals surface area contributed by atoms with Gasteiger partial charge in [-0.1, -0.05) is 52.9 Å². The fourth-order valence-electron chi connectivity index (χ4n) is 0.859. The van der Waals surface area contributed by atoms with Gasteiger partial charge in [-0.25, -0.2) is 0 Å². The van der Waals surface area contributed by atoms with E-state index in [2.05, 4.69) is 13.8 Å². The lowest BCUT2D eigenvalue weighted by atomic mass is 10.2. The van der Waals surface area contributed by atoms with Crippen LogP contribution in [0.5, 0.6) is 0 Å². The maximum absolute atomic E-state index is 9.40. The lowest BCUT2D eigenvalue weighted by molar-refractivity contribution is -0.479. The fourth-order valence-corrected chi connectivity index (χ4v) is 0.859. The summed E-state index contributed by atoms with van der Waals surface area (Å²) in [4.78, 5) is 9.09. The molecule has 3 nitrogen and oxygen atoms in total. The van der Waals surface area contributed by atoms with Crippen LogP contribution >= 0.6 is 0 Å². The van der Waals surface area contributed by atoms with Crippen LogP contribution in [0.25, 0.3) is 0 Å². The van der Waals surface area contributed by atoms with E-state index >= 15 is 0 Å². The Labute approximate surface area is 81.7 Å². The quantitative estimate of drug-likeness (QED) is 0.363.